The first-order valence-corrected chi connectivity index (χ1v) is 3.51. The first-order valence-electron chi connectivity index (χ1n) is 3.51. The Hall–Kier alpha value is -1.09. The number of nitrogens with zero attached hydrogens (tertiary/aromatic N) is 2. The van der Waals surface area contributed by atoms with Gasteiger partial charge in [-0.05, 0) is 0 Å². The van der Waals surface area contributed by atoms with Crippen LogP contribution < -0.4 is 0 Å². The summed E-state index contributed by atoms with van der Waals surface area (Å²) in [6.45, 7) is 4.42. The van der Waals surface area contributed by atoms with E-state index in [0.29, 0.717) is 0 Å². The molecular formula is C5H12CoN2O6. The van der Waals surface area contributed by atoms with Gasteiger partial charge >= 0.3 is 16.8 Å². The van der Waals surface area contributed by atoms with Gasteiger partial charge in [0, 0.05) is 0 Å². The van der Waals surface area contributed by atoms with Crippen LogP contribution in [0.2, 0.25) is 0 Å². The zero-order valence-electron chi connectivity index (χ0n) is 7.80. The second-order valence-corrected chi connectivity index (χ2v) is 1.80. The molecule has 0 rings (SSSR count). The Labute approximate surface area is 91.3 Å². The van der Waals surface area contributed by atoms with Gasteiger partial charge in [-0.1, -0.05) is 33.1 Å². The van der Waals surface area contributed by atoms with E-state index in [1.165, 1.54) is 19.3 Å². The van der Waals surface area contributed by atoms with Gasteiger partial charge in [-0.3, -0.25) is 0 Å². The van der Waals surface area contributed by atoms with Crippen LogP contribution in [-0.4, -0.2) is 10.2 Å². The minimum absolute atomic E-state index is 0. The molecule has 87 valence electrons. The summed E-state index contributed by atoms with van der Waals surface area (Å²) in [5, 5.41) is 29.5. The zero-order valence-corrected chi connectivity index (χ0v) is 8.84. The Balaban J connectivity index is -0.0000000522. The predicted molar refractivity (Wildman–Crippen MR) is 45.9 cm³/mol. The van der Waals surface area contributed by atoms with E-state index in [1.54, 1.807) is 0 Å². The largest absolute Gasteiger partial charge is 2.00 e. The van der Waals surface area contributed by atoms with Crippen LogP contribution in [-0.2, 0) is 16.8 Å². The van der Waals surface area contributed by atoms with Gasteiger partial charge in [0.15, 0.2) is 0 Å². The quantitative estimate of drug-likeness (QED) is 0.544. The van der Waals surface area contributed by atoms with E-state index in [2.05, 4.69) is 13.8 Å². The molecule has 0 aliphatic heterocycles. The van der Waals surface area contributed by atoms with E-state index in [1.807, 2.05) is 0 Å². The fraction of sp³-hybridized carbons (Fsp3) is 1.00. The summed E-state index contributed by atoms with van der Waals surface area (Å²) in [5.74, 6) is 0. The van der Waals surface area contributed by atoms with Gasteiger partial charge in [0.05, 0.1) is 10.2 Å². The second-order valence-electron chi connectivity index (χ2n) is 1.80. The summed E-state index contributed by atoms with van der Waals surface area (Å²) < 4.78 is 0. The van der Waals surface area contributed by atoms with Crippen molar-refractivity contribution in [3.63, 3.8) is 0 Å². The third-order valence-electron chi connectivity index (χ3n) is 0.707. The standard InChI is InChI=1S/C5H12.Co.2NO3/c1-3-5-4-2;;2*2-1(3)4/h3-5H2,1-2H3;;;/q;+2;2*-1. The van der Waals surface area contributed by atoms with Crippen molar-refractivity contribution in [3.8, 4) is 0 Å². The third-order valence-corrected chi connectivity index (χ3v) is 0.707. The molecule has 0 saturated carbocycles. The van der Waals surface area contributed by atoms with Crippen LogP contribution in [0.15, 0.2) is 0 Å². The van der Waals surface area contributed by atoms with Gasteiger partial charge < -0.3 is 30.6 Å². The van der Waals surface area contributed by atoms with E-state index in [4.69, 9.17) is 30.6 Å². The third kappa shape index (κ3) is 1300. The van der Waals surface area contributed by atoms with Crippen LogP contribution in [0, 0.1) is 30.6 Å². The fourth-order valence-electron chi connectivity index (χ4n) is 0.354. The fourth-order valence-corrected chi connectivity index (χ4v) is 0.354. The molecule has 0 aromatic rings. The van der Waals surface area contributed by atoms with E-state index in [9.17, 15) is 0 Å². The molecule has 0 aromatic carbocycles. The van der Waals surface area contributed by atoms with Crippen molar-refractivity contribution in [3.05, 3.63) is 30.6 Å². The van der Waals surface area contributed by atoms with Gasteiger partial charge in [0.25, 0.3) is 0 Å². The molecule has 0 heterocycles. The first-order chi connectivity index (χ1) is 5.88. The van der Waals surface area contributed by atoms with Gasteiger partial charge in [-0.15, -0.1) is 0 Å². The SMILES string of the molecule is CCCCC.O=[N+]([O-])[O-].O=[N+]([O-])[O-].[Co+2]. The van der Waals surface area contributed by atoms with Crippen LogP contribution in [0.3, 0.4) is 0 Å². The average molecular weight is 255 g/mol. The molecule has 8 nitrogen and oxygen atoms in total. The molecule has 0 N–H and O–H groups in total. The van der Waals surface area contributed by atoms with Crippen molar-refractivity contribution >= 4 is 0 Å². The van der Waals surface area contributed by atoms with Gasteiger partial charge in [-0.2, -0.15) is 0 Å². The number of rotatable bonds is 2. The van der Waals surface area contributed by atoms with Crippen molar-refractivity contribution in [2.75, 3.05) is 0 Å². The van der Waals surface area contributed by atoms with Crippen molar-refractivity contribution < 1.29 is 27.0 Å². The maximum atomic E-state index is 8.25. The molecule has 14 heavy (non-hydrogen) atoms. The Kier molecular flexibility index (Phi) is 37.3. The summed E-state index contributed by atoms with van der Waals surface area (Å²) in [6.07, 6.45) is 4.08. The Bertz CT molecular complexity index is 111. The predicted octanol–water partition coefficient (Wildman–Crippen LogP) is 1.72. The first kappa shape index (κ1) is 23.1. The molecule has 0 bridgehead atoms. The number of hydrogen-bond donors (Lipinski definition) is 0. The van der Waals surface area contributed by atoms with E-state index in [-0.39, 0.29) is 16.8 Å². The summed E-state index contributed by atoms with van der Waals surface area (Å²) in [4.78, 5) is 16.5. The van der Waals surface area contributed by atoms with Crippen molar-refractivity contribution in [2.45, 2.75) is 33.1 Å². The maximum absolute atomic E-state index is 8.25. The van der Waals surface area contributed by atoms with Gasteiger partial charge in [-0.25, -0.2) is 0 Å². The van der Waals surface area contributed by atoms with E-state index in [0.717, 1.165) is 0 Å². The summed E-state index contributed by atoms with van der Waals surface area (Å²) in [7, 11) is 0. The van der Waals surface area contributed by atoms with Crippen molar-refractivity contribution in [1.29, 1.82) is 0 Å². The minimum atomic E-state index is -1.75. The molecule has 0 unspecified atom stereocenters. The van der Waals surface area contributed by atoms with Crippen LogP contribution >= 0.6 is 0 Å². The molecule has 0 aliphatic rings. The molecule has 0 aromatic heterocycles. The summed E-state index contributed by atoms with van der Waals surface area (Å²) in [6, 6.07) is 0. The monoisotopic (exact) mass is 255 g/mol. The maximum Gasteiger partial charge on any atom is 2.00 e. The Morgan fingerprint density at radius 2 is 1.00 bits per heavy atom. The molecule has 0 spiro atoms. The smallest absolute Gasteiger partial charge is 0.356 e. The molecule has 0 aliphatic carbocycles. The van der Waals surface area contributed by atoms with Gasteiger partial charge in [0.1, 0.15) is 0 Å². The topological polar surface area (TPSA) is 132 Å². The Morgan fingerprint density at radius 1 is 0.857 bits per heavy atom. The summed E-state index contributed by atoms with van der Waals surface area (Å²) in [5.41, 5.74) is 0. The van der Waals surface area contributed by atoms with Crippen LogP contribution in [0.1, 0.15) is 33.1 Å². The molecule has 0 saturated heterocycles. The van der Waals surface area contributed by atoms with Crippen LogP contribution in [0.4, 0.5) is 0 Å². The normalized spacial score (nSPS) is 6.43. The minimum Gasteiger partial charge on any atom is -0.356 e. The average Bonchev–Trinajstić information content (AvgIpc) is 1.86. The van der Waals surface area contributed by atoms with Crippen molar-refractivity contribution in [2.24, 2.45) is 0 Å². The van der Waals surface area contributed by atoms with E-state index >= 15 is 0 Å². The Morgan fingerprint density at radius 3 is 1.00 bits per heavy atom. The van der Waals surface area contributed by atoms with E-state index < -0.39 is 10.2 Å². The molecular weight excluding hydrogens is 243 g/mol. The van der Waals surface area contributed by atoms with Gasteiger partial charge in [0.2, 0.25) is 0 Å². The zero-order chi connectivity index (χ0) is 11.3. The second kappa shape index (κ2) is 22.7. The van der Waals surface area contributed by atoms with Crippen LogP contribution in [0.5, 0.6) is 0 Å². The molecule has 0 fully saturated rings. The molecule has 0 atom stereocenters. The summed E-state index contributed by atoms with van der Waals surface area (Å²) >= 11 is 0. The number of hydrogen-bond acceptors (Lipinski definition) is 6. The molecule has 1 radical (unpaired) electrons. The molecule has 9 heteroatoms. The number of unbranched alkanes of at least 4 members (excludes halogenated alkanes) is 2. The molecule has 0 amide bonds. The van der Waals surface area contributed by atoms with Crippen LogP contribution in [0.25, 0.3) is 0 Å². The van der Waals surface area contributed by atoms with Crippen molar-refractivity contribution in [1.82, 2.24) is 0 Å².